The zero-order valence-corrected chi connectivity index (χ0v) is 16.8. The highest BCUT2D eigenvalue weighted by atomic mass is 32.2. The third-order valence-corrected chi connectivity index (χ3v) is 6.86. The number of carbonyl (C=O) groups is 1. The van der Waals surface area contributed by atoms with E-state index in [0.29, 0.717) is 11.3 Å². The Labute approximate surface area is 172 Å². The molecule has 6 nitrogen and oxygen atoms in total. The molecule has 4 rings (SSSR count). The van der Waals surface area contributed by atoms with Crippen molar-refractivity contribution in [3.8, 4) is 0 Å². The largest absolute Gasteiger partial charge is 0.502 e. The molecule has 3 aromatic rings. The molecule has 1 aliphatic rings. The van der Waals surface area contributed by atoms with Gasteiger partial charge in [0.05, 0.1) is 23.7 Å². The van der Waals surface area contributed by atoms with E-state index in [0.717, 1.165) is 5.56 Å². The topological polar surface area (TPSA) is 87.8 Å². The van der Waals surface area contributed by atoms with Crippen molar-refractivity contribution in [2.24, 2.45) is 0 Å². The molecule has 1 aromatic heterocycles. The summed E-state index contributed by atoms with van der Waals surface area (Å²) in [7, 11) is -4.21. The molecule has 0 spiro atoms. The summed E-state index contributed by atoms with van der Waals surface area (Å²) < 4.78 is 45.6. The summed E-state index contributed by atoms with van der Waals surface area (Å²) in [6.45, 7) is 1.75. The van der Waals surface area contributed by atoms with E-state index in [1.807, 2.05) is 6.92 Å². The second-order valence-electron chi connectivity index (χ2n) is 7.00. The van der Waals surface area contributed by atoms with Crippen molar-refractivity contribution in [3.05, 3.63) is 100 Å². The second kappa shape index (κ2) is 7.46. The van der Waals surface area contributed by atoms with Crippen LogP contribution < -0.4 is 0 Å². The Hall–Kier alpha value is -3.39. The molecule has 0 radical (unpaired) electrons. The van der Waals surface area contributed by atoms with Gasteiger partial charge in [0, 0.05) is 0 Å². The number of hydrogen-bond acceptors (Lipinski definition) is 5. The van der Waals surface area contributed by atoms with Crippen LogP contribution in [-0.4, -0.2) is 24.3 Å². The van der Waals surface area contributed by atoms with E-state index < -0.39 is 38.3 Å². The molecular weight excluding hydrogens is 409 g/mol. The molecule has 0 saturated heterocycles. The highest BCUT2D eigenvalue weighted by Crippen LogP contribution is 2.43. The van der Waals surface area contributed by atoms with Gasteiger partial charge in [0.2, 0.25) is 9.84 Å². The molecule has 0 saturated carbocycles. The van der Waals surface area contributed by atoms with Gasteiger partial charge in [-0.05, 0) is 48.9 Å². The van der Waals surface area contributed by atoms with Crippen molar-refractivity contribution in [2.45, 2.75) is 24.4 Å². The molecule has 8 heteroatoms. The monoisotopic (exact) mass is 427 g/mol. The molecule has 0 unspecified atom stereocenters. The van der Waals surface area contributed by atoms with Gasteiger partial charge in [-0.1, -0.05) is 29.8 Å². The average molecular weight is 427 g/mol. The maximum Gasteiger partial charge on any atom is 0.291 e. The Morgan fingerprint density at radius 1 is 1.07 bits per heavy atom. The van der Waals surface area contributed by atoms with Crippen LogP contribution in [0.2, 0.25) is 0 Å². The van der Waals surface area contributed by atoms with Crippen LogP contribution in [0.5, 0.6) is 0 Å². The zero-order chi connectivity index (χ0) is 21.5. The quantitative estimate of drug-likeness (QED) is 0.664. The first-order valence-corrected chi connectivity index (χ1v) is 10.6. The number of halogens is 1. The average Bonchev–Trinajstić information content (AvgIpc) is 3.31. The Morgan fingerprint density at radius 2 is 1.73 bits per heavy atom. The fourth-order valence-electron chi connectivity index (χ4n) is 3.46. The molecule has 154 valence electrons. The Balaban J connectivity index is 1.86. The van der Waals surface area contributed by atoms with Gasteiger partial charge in [-0.3, -0.25) is 4.79 Å². The lowest BCUT2D eigenvalue weighted by Crippen LogP contribution is -2.30. The van der Waals surface area contributed by atoms with Gasteiger partial charge in [-0.2, -0.15) is 0 Å². The predicted octanol–water partition coefficient (Wildman–Crippen LogP) is 4.05. The van der Waals surface area contributed by atoms with Gasteiger partial charge in [0.15, 0.2) is 5.76 Å². The summed E-state index contributed by atoms with van der Waals surface area (Å²) in [6, 6.07) is 13.4. The normalized spacial score (nSPS) is 17.1. The summed E-state index contributed by atoms with van der Waals surface area (Å²) in [4.78, 5) is 13.6. The van der Waals surface area contributed by atoms with Crippen LogP contribution in [0.4, 0.5) is 4.39 Å². The number of aryl methyl sites for hydroxylation is 1. The lowest BCUT2D eigenvalue weighted by Gasteiger charge is -2.26. The van der Waals surface area contributed by atoms with Crippen LogP contribution in [0.25, 0.3) is 0 Å². The molecule has 1 amide bonds. The van der Waals surface area contributed by atoms with Crippen molar-refractivity contribution in [2.75, 3.05) is 0 Å². The summed E-state index contributed by atoms with van der Waals surface area (Å²) in [5.74, 6) is -1.78. The number of amides is 1. The molecule has 1 aliphatic heterocycles. The highest BCUT2D eigenvalue weighted by molar-refractivity contribution is 7.95. The molecule has 0 aliphatic carbocycles. The highest BCUT2D eigenvalue weighted by Gasteiger charge is 2.47. The standard InChI is InChI=1S/C22H18FNO5S/c1-14-4-10-18(11-5-14)30(27,28)21-19(15-6-8-16(23)9-7-15)24(22(26)20(21)25)13-17-3-2-12-29-17/h2-12,19,25H,13H2,1H3/t19-/m0/s1. The van der Waals surface area contributed by atoms with Gasteiger partial charge in [-0.15, -0.1) is 0 Å². The van der Waals surface area contributed by atoms with Crippen molar-refractivity contribution >= 4 is 15.7 Å². The maximum atomic E-state index is 13.5. The summed E-state index contributed by atoms with van der Waals surface area (Å²) >= 11 is 0. The number of sulfone groups is 1. The number of nitrogens with zero attached hydrogens (tertiary/aromatic N) is 1. The predicted molar refractivity (Wildman–Crippen MR) is 106 cm³/mol. The van der Waals surface area contributed by atoms with Crippen molar-refractivity contribution in [3.63, 3.8) is 0 Å². The number of rotatable bonds is 5. The first-order chi connectivity index (χ1) is 14.3. The number of benzene rings is 2. The lowest BCUT2D eigenvalue weighted by atomic mass is 10.1. The van der Waals surface area contributed by atoms with E-state index in [1.54, 1.807) is 24.3 Å². The van der Waals surface area contributed by atoms with Crippen molar-refractivity contribution < 1.29 is 27.1 Å². The maximum absolute atomic E-state index is 13.5. The van der Waals surface area contributed by atoms with Crippen LogP contribution in [0.15, 0.2) is 86.9 Å². The summed E-state index contributed by atoms with van der Waals surface area (Å²) in [6.07, 6.45) is 1.43. The summed E-state index contributed by atoms with van der Waals surface area (Å²) in [5.41, 5.74) is 1.22. The molecule has 2 heterocycles. The number of hydrogen-bond donors (Lipinski definition) is 1. The minimum atomic E-state index is -4.21. The van der Waals surface area contributed by atoms with E-state index in [-0.39, 0.29) is 11.4 Å². The molecule has 1 N–H and O–H groups in total. The first-order valence-electron chi connectivity index (χ1n) is 9.13. The first kappa shape index (κ1) is 19.9. The zero-order valence-electron chi connectivity index (χ0n) is 15.9. The van der Waals surface area contributed by atoms with Crippen molar-refractivity contribution in [1.29, 1.82) is 0 Å². The molecule has 30 heavy (non-hydrogen) atoms. The third kappa shape index (κ3) is 3.39. The smallest absolute Gasteiger partial charge is 0.291 e. The van der Waals surface area contributed by atoms with E-state index in [1.165, 1.54) is 47.6 Å². The Morgan fingerprint density at radius 3 is 2.33 bits per heavy atom. The molecule has 0 fully saturated rings. The molecule has 2 aromatic carbocycles. The Kier molecular flexibility index (Phi) is 4.95. The van der Waals surface area contributed by atoms with E-state index >= 15 is 0 Å². The van der Waals surface area contributed by atoms with Gasteiger partial charge in [0.1, 0.15) is 16.5 Å². The second-order valence-corrected chi connectivity index (χ2v) is 8.91. The minimum Gasteiger partial charge on any atom is -0.502 e. The van der Waals surface area contributed by atoms with Gasteiger partial charge in [-0.25, -0.2) is 12.8 Å². The number of aliphatic hydroxyl groups is 1. The lowest BCUT2D eigenvalue weighted by molar-refractivity contribution is -0.130. The van der Waals surface area contributed by atoms with Crippen LogP contribution >= 0.6 is 0 Å². The van der Waals surface area contributed by atoms with Gasteiger partial charge < -0.3 is 14.4 Å². The van der Waals surface area contributed by atoms with Crippen LogP contribution in [0, 0.1) is 12.7 Å². The van der Waals surface area contributed by atoms with Crippen molar-refractivity contribution in [1.82, 2.24) is 4.90 Å². The molecule has 0 bridgehead atoms. The van der Waals surface area contributed by atoms with Crippen LogP contribution in [0.1, 0.15) is 22.9 Å². The fourth-order valence-corrected chi connectivity index (χ4v) is 5.11. The number of carbonyl (C=O) groups excluding carboxylic acids is 1. The third-order valence-electron chi connectivity index (χ3n) is 4.97. The van der Waals surface area contributed by atoms with Crippen LogP contribution in [0.3, 0.4) is 0 Å². The van der Waals surface area contributed by atoms with E-state index in [9.17, 15) is 22.7 Å². The Bertz CT molecular complexity index is 1210. The SMILES string of the molecule is Cc1ccc(S(=O)(=O)C2=C(O)C(=O)N(Cc3ccco3)[C@H]2c2ccc(F)cc2)cc1. The minimum absolute atomic E-state index is 0.0468. The molecular formula is C22H18FNO5S. The van der Waals surface area contributed by atoms with Gasteiger partial charge >= 0.3 is 0 Å². The fraction of sp³-hybridized carbons (Fsp3) is 0.136. The van der Waals surface area contributed by atoms with Gasteiger partial charge in [0.25, 0.3) is 5.91 Å². The van der Waals surface area contributed by atoms with Crippen LogP contribution in [-0.2, 0) is 21.2 Å². The number of furan rings is 1. The molecule has 1 atom stereocenters. The van der Waals surface area contributed by atoms with E-state index in [2.05, 4.69) is 0 Å². The number of aliphatic hydroxyl groups excluding tert-OH is 1. The summed E-state index contributed by atoms with van der Waals surface area (Å²) in [5, 5.41) is 10.6. The van der Waals surface area contributed by atoms with E-state index in [4.69, 9.17) is 4.42 Å².